The minimum absolute atomic E-state index is 0.226. The zero-order valence-electron chi connectivity index (χ0n) is 13.2. The zero-order valence-corrected chi connectivity index (χ0v) is 13.2. The van der Waals surface area contributed by atoms with Crippen molar-refractivity contribution in [3.8, 4) is 0 Å². The van der Waals surface area contributed by atoms with E-state index >= 15 is 0 Å². The number of nitrogens with one attached hydrogen (secondary N) is 1. The van der Waals surface area contributed by atoms with Crippen molar-refractivity contribution in [3.63, 3.8) is 0 Å². The molecule has 3 rings (SSSR count). The number of H-pyrrole nitrogens is 1. The third-order valence-corrected chi connectivity index (χ3v) is 3.74. The van der Waals surface area contributed by atoms with E-state index in [0.29, 0.717) is 22.7 Å². The van der Waals surface area contributed by atoms with E-state index in [9.17, 15) is 9.59 Å². The number of aromatic nitrogens is 2. The highest BCUT2D eigenvalue weighted by molar-refractivity contribution is 6.45. The Morgan fingerprint density at radius 3 is 2.70 bits per heavy atom. The molecule has 1 aromatic carbocycles. The lowest BCUT2D eigenvalue weighted by atomic mass is 10.1. The maximum atomic E-state index is 12.6. The lowest BCUT2D eigenvalue weighted by molar-refractivity contribution is -0.125. The molecule has 118 valence electrons. The fraction of sp³-hybridized carbons (Fsp3) is 0.235. The first-order valence-corrected chi connectivity index (χ1v) is 7.26. The van der Waals surface area contributed by atoms with Crippen LogP contribution >= 0.6 is 0 Å². The minimum atomic E-state index is -0.571. The van der Waals surface area contributed by atoms with Gasteiger partial charge in [0.15, 0.2) is 0 Å². The van der Waals surface area contributed by atoms with Crippen LogP contribution in [0.3, 0.4) is 0 Å². The number of carbonyl (C=O) groups excluding carboxylic acids is 2. The van der Waals surface area contributed by atoms with Crippen molar-refractivity contribution in [1.29, 1.82) is 0 Å². The summed E-state index contributed by atoms with van der Waals surface area (Å²) in [6.45, 7) is 3.80. The Bertz CT molecular complexity index is 892. The number of carbonyl (C=O) groups is 2. The van der Waals surface area contributed by atoms with Gasteiger partial charge in [0.2, 0.25) is 0 Å². The van der Waals surface area contributed by atoms with E-state index in [1.807, 2.05) is 24.3 Å². The summed E-state index contributed by atoms with van der Waals surface area (Å²) >= 11 is 0. The van der Waals surface area contributed by atoms with E-state index in [4.69, 9.17) is 4.52 Å². The number of likely N-dealkylation sites (N-methyl/N-ethyl adjacent to an activating group) is 1. The number of ketones is 1. The molecule has 3 aromatic rings. The number of hydrogen-bond donors (Lipinski definition) is 1. The number of benzene rings is 1. The smallest absolute Gasteiger partial charge is 0.295 e. The molecule has 0 aliphatic carbocycles. The lowest BCUT2D eigenvalue weighted by Crippen LogP contribution is -2.33. The van der Waals surface area contributed by atoms with Crippen LogP contribution in [0.5, 0.6) is 0 Å². The van der Waals surface area contributed by atoms with Crippen LogP contribution in [-0.4, -0.2) is 33.8 Å². The summed E-state index contributed by atoms with van der Waals surface area (Å²) in [5.74, 6) is -0.430. The van der Waals surface area contributed by atoms with Crippen molar-refractivity contribution in [2.24, 2.45) is 0 Å². The van der Waals surface area contributed by atoms with Gasteiger partial charge in [-0.05, 0) is 19.9 Å². The van der Waals surface area contributed by atoms with Gasteiger partial charge in [-0.3, -0.25) is 9.59 Å². The number of nitrogens with zero attached hydrogens (tertiary/aromatic N) is 2. The zero-order chi connectivity index (χ0) is 16.6. The van der Waals surface area contributed by atoms with Crippen LogP contribution in [0.4, 0.5) is 0 Å². The third-order valence-electron chi connectivity index (χ3n) is 3.74. The summed E-state index contributed by atoms with van der Waals surface area (Å²) < 4.78 is 4.98. The Morgan fingerprint density at radius 1 is 1.26 bits per heavy atom. The number of aryl methyl sites for hydroxylation is 2. The molecule has 0 aliphatic rings. The van der Waals surface area contributed by atoms with Crippen molar-refractivity contribution in [1.82, 2.24) is 15.0 Å². The predicted octanol–water partition coefficient (Wildman–Crippen LogP) is 2.61. The van der Waals surface area contributed by atoms with E-state index in [0.717, 1.165) is 10.9 Å². The molecule has 1 N–H and O–H groups in total. The molecule has 0 fully saturated rings. The summed E-state index contributed by atoms with van der Waals surface area (Å²) in [6, 6.07) is 9.18. The molecule has 0 atom stereocenters. The van der Waals surface area contributed by atoms with Crippen LogP contribution in [-0.2, 0) is 11.3 Å². The molecule has 0 saturated carbocycles. The van der Waals surface area contributed by atoms with Crippen molar-refractivity contribution in [2.45, 2.75) is 20.4 Å². The van der Waals surface area contributed by atoms with Gasteiger partial charge in [-0.2, -0.15) is 0 Å². The number of Topliss-reactive ketones (excluding diaryl/α,β-unsaturated/α-hetero) is 1. The number of fused-ring (bicyclic) bond motifs is 1. The van der Waals surface area contributed by atoms with Gasteiger partial charge in [-0.25, -0.2) is 0 Å². The molecular weight excluding hydrogens is 294 g/mol. The highest BCUT2D eigenvalue weighted by Gasteiger charge is 2.25. The van der Waals surface area contributed by atoms with E-state index in [2.05, 4.69) is 10.1 Å². The number of rotatable bonds is 4. The predicted molar refractivity (Wildman–Crippen MR) is 85.1 cm³/mol. The van der Waals surface area contributed by atoms with E-state index in [1.54, 1.807) is 27.0 Å². The summed E-state index contributed by atoms with van der Waals surface area (Å²) in [7, 11) is 1.58. The summed E-state index contributed by atoms with van der Waals surface area (Å²) in [6.07, 6.45) is 0. The summed E-state index contributed by atoms with van der Waals surface area (Å²) in [5, 5.41) is 4.60. The Balaban J connectivity index is 1.86. The number of amides is 1. The topological polar surface area (TPSA) is 79.2 Å². The van der Waals surface area contributed by atoms with Crippen molar-refractivity contribution in [2.75, 3.05) is 7.05 Å². The van der Waals surface area contributed by atoms with Gasteiger partial charge in [0.05, 0.1) is 12.1 Å². The van der Waals surface area contributed by atoms with E-state index in [1.165, 1.54) is 4.90 Å². The first kappa shape index (κ1) is 15.0. The second-order valence-electron chi connectivity index (χ2n) is 5.59. The Labute approximate surface area is 133 Å². The summed E-state index contributed by atoms with van der Waals surface area (Å²) in [4.78, 5) is 29.6. The standard InChI is InChI=1S/C17H17N3O3/c1-10-8-12(19-23-10)9-20(3)17(22)16(21)15-11(2)18-14-7-5-4-6-13(14)15/h4-8,18H,9H2,1-3H3. The second kappa shape index (κ2) is 5.72. The normalized spacial score (nSPS) is 10.9. The molecule has 0 aliphatic heterocycles. The largest absolute Gasteiger partial charge is 0.361 e. The maximum Gasteiger partial charge on any atom is 0.295 e. The Morgan fingerprint density at radius 2 is 2.00 bits per heavy atom. The average Bonchev–Trinajstić information content (AvgIpc) is 3.07. The van der Waals surface area contributed by atoms with Crippen molar-refractivity contribution >= 4 is 22.6 Å². The highest BCUT2D eigenvalue weighted by Crippen LogP contribution is 2.23. The summed E-state index contributed by atoms with van der Waals surface area (Å²) in [5.41, 5.74) is 2.57. The first-order valence-electron chi connectivity index (χ1n) is 7.26. The monoisotopic (exact) mass is 311 g/mol. The van der Waals surface area contributed by atoms with E-state index in [-0.39, 0.29) is 6.54 Å². The van der Waals surface area contributed by atoms with Crippen LogP contribution in [0.2, 0.25) is 0 Å². The molecule has 0 spiro atoms. The molecular formula is C17H17N3O3. The molecule has 6 nitrogen and oxygen atoms in total. The number of hydrogen-bond acceptors (Lipinski definition) is 4. The van der Waals surface area contributed by atoms with Gasteiger partial charge >= 0.3 is 0 Å². The molecule has 0 unspecified atom stereocenters. The average molecular weight is 311 g/mol. The number of para-hydroxylation sites is 1. The molecule has 2 aromatic heterocycles. The van der Waals surface area contributed by atoms with Gasteiger partial charge in [-0.15, -0.1) is 0 Å². The Kier molecular flexibility index (Phi) is 3.73. The molecule has 23 heavy (non-hydrogen) atoms. The van der Waals surface area contributed by atoms with E-state index < -0.39 is 11.7 Å². The van der Waals surface area contributed by atoms with Gasteiger partial charge in [0.25, 0.3) is 11.7 Å². The fourth-order valence-electron chi connectivity index (χ4n) is 2.66. The van der Waals surface area contributed by atoms with Gasteiger partial charge in [-0.1, -0.05) is 23.4 Å². The molecule has 1 amide bonds. The second-order valence-corrected chi connectivity index (χ2v) is 5.59. The minimum Gasteiger partial charge on any atom is -0.361 e. The van der Waals surface area contributed by atoms with Crippen LogP contribution in [0.25, 0.3) is 10.9 Å². The van der Waals surface area contributed by atoms with Crippen LogP contribution in [0.15, 0.2) is 34.9 Å². The van der Waals surface area contributed by atoms with Gasteiger partial charge < -0.3 is 14.4 Å². The fourth-order valence-corrected chi connectivity index (χ4v) is 2.66. The maximum absolute atomic E-state index is 12.6. The quantitative estimate of drug-likeness (QED) is 0.593. The van der Waals surface area contributed by atoms with Crippen LogP contribution in [0.1, 0.15) is 27.5 Å². The lowest BCUT2D eigenvalue weighted by Gasteiger charge is -2.14. The molecule has 0 radical (unpaired) electrons. The third kappa shape index (κ3) is 2.75. The molecule has 6 heteroatoms. The van der Waals surface area contributed by atoms with Crippen molar-refractivity contribution < 1.29 is 14.1 Å². The highest BCUT2D eigenvalue weighted by atomic mass is 16.5. The molecule has 0 saturated heterocycles. The van der Waals surface area contributed by atoms with Crippen molar-refractivity contribution in [3.05, 3.63) is 53.0 Å². The SMILES string of the molecule is Cc1cc(CN(C)C(=O)C(=O)c2c(C)[nH]c3ccccc23)no1. The van der Waals surface area contributed by atoms with Crippen LogP contribution in [0, 0.1) is 13.8 Å². The van der Waals surface area contributed by atoms with Gasteiger partial charge in [0.1, 0.15) is 11.5 Å². The first-order chi connectivity index (χ1) is 11.0. The molecule has 0 bridgehead atoms. The number of aromatic amines is 1. The van der Waals surface area contributed by atoms with Crippen LogP contribution < -0.4 is 0 Å². The van der Waals surface area contributed by atoms with Gasteiger partial charge in [0, 0.05) is 29.7 Å². The molecule has 2 heterocycles. The Hall–Kier alpha value is -2.89.